The molecule has 1 heterocycles. The molecule has 0 amide bonds. The van der Waals surface area contributed by atoms with Gasteiger partial charge in [0.15, 0.2) is 5.96 Å². The number of halogens is 1. The van der Waals surface area contributed by atoms with Crippen LogP contribution in [0, 0.1) is 0 Å². The van der Waals surface area contributed by atoms with E-state index >= 15 is 0 Å². The van der Waals surface area contributed by atoms with Crippen LogP contribution in [0.1, 0.15) is 18.1 Å². The summed E-state index contributed by atoms with van der Waals surface area (Å²) in [6.45, 7) is 5.02. The van der Waals surface area contributed by atoms with E-state index in [0.29, 0.717) is 5.96 Å². The van der Waals surface area contributed by atoms with E-state index in [0.717, 1.165) is 44.0 Å². The molecule has 0 aromatic heterocycles. The van der Waals surface area contributed by atoms with Gasteiger partial charge in [0.1, 0.15) is 0 Å². The first-order chi connectivity index (χ1) is 9.29. The second-order valence-corrected chi connectivity index (χ2v) is 5.98. The number of benzene rings is 1. The number of hydrogen-bond acceptors (Lipinski definition) is 2. The van der Waals surface area contributed by atoms with Crippen molar-refractivity contribution >= 4 is 41.7 Å². The molecule has 5 heteroatoms. The average Bonchev–Trinajstić information content (AvgIpc) is 2.49. The van der Waals surface area contributed by atoms with E-state index in [9.17, 15) is 0 Å². The first-order valence-corrected chi connectivity index (χ1v) is 8.15. The Morgan fingerprint density at radius 2 is 1.80 bits per heavy atom. The second kappa shape index (κ2) is 9.50. The summed E-state index contributed by atoms with van der Waals surface area (Å²) in [6, 6.07) is 8.79. The zero-order chi connectivity index (χ0) is 13.5. The number of thioether (sulfide) groups is 1. The largest absolute Gasteiger partial charge is 0.370 e. The molecular weight excluding hydrogens is 381 g/mol. The number of aryl methyl sites for hydroxylation is 1. The Hall–Kier alpha value is -0.430. The van der Waals surface area contributed by atoms with Crippen molar-refractivity contribution in [1.82, 2.24) is 4.90 Å². The van der Waals surface area contributed by atoms with Gasteiger partial charge >= 0.3 is 0 Å². The minimum atomic E-state index is 0. The van der Waals surface area contributed by atoms with Crippen LogP contribution in [0.4, 0.5) is 0 Å². The third-order valence-corrected chi connectivity index (χ3v) is 4.38. The topological polar surface area (TPSA) is 41.6 Å². The second-order valence-electron chi connectivity index (χ2n) is 4.76. The van der Waals surface area contributed by atoms with E-state index in [4.69, 9.17) is 5.73 Å². The Morgan fingerprint density at radius 3 is 2.40 bits per heavy atom. The molecule has 1 fully saturated rings. The Labute approximate surface area is 143 Å². The van der Waals surface area contributed by atoms with Crippen LogP contribution in [0.15, 0.2) is 29.3 Å². The maximum Gasteiger partial charge on any atom is 0.191 e. The third kappa shape index (κ3) is 5.52. The van der Waals surface area contributed by atoms with Crippen molar-refractivity contribution < 1.29 is 0 Å². The normalized spacial score (nSPS) is 15.8. The van der Waals surface area contributed by atoms with Crippen molar-refractivity contribution in [2.75, 3.05) is 31.1 Å². The van der Waals surface area contributed by atoms with Crippen LogP contribution >= 0.6 is 35.7 Å². The third-order valence-electron chi connectivity index (χ3n) is 3.44. The number of aliphatic imine (C=N–C) groups is 1. The van der Waals surface area contributed by atoms with E-state index in [1.54, 1.807) is 0 Å². The predicted octanol–water partition coefficient (Wildman–Crippen LogP) is 2.77. The van der Waals surface area contributed by atoms with Crippen LogP contribution in [0.25, 0.3) is 0 Å². The Bertz CT molecular complexity index is 414. The molecule has 0 unspecified atom stereocenters. The summed E-state index contributed by atoms with van der Waals surface area (Å²) in [7, 11) is 0. The number of nitrogens with two attached hydrogens (primary N) is 1. The first-order valence-electron chi connectivity index (χ1n) is 7.00. The highest BCUT2D eigenvalue weighted by Gasteiger charge is 2.11. The highest BCUT2D eigenvalue weighted by molar-refractivity contribution is 14.0. The lowest BCUT2D eigenvalue weighted by molar-refractivity contribution is 0.456. The van der Waals surface area contributed by atoms with Gasteiger partial charge < -0.3 is 10.6 Å². The number of rotatable bonds is 4. The zero-order valence-electron chi connectivity index (χ0n) is 12.0. The molecule has 1 saturated heterocycles. The average molecular weight is 405 g/mol. The highest BCUT2D eigenvalue weighted by atomic mass is 127. The van der Waals surface area contributed by atoms with Crippen molar-refractivity contribution in [1.29, 1.82) is 0 Å². The van der Waals surface area contributed by atoms with Gasteiger partial charge in [0.25, 0.3) is 0 Å². The first kappa shape index (κ1) is 17.6. The van der Waals surface area contributed by atoms with Crippen molar-refractivity contribution in [3.8, 4) is 0 Å². The quantitative estimate of drug-likeness (QED) is 0.476. The van der Waals surface area contributed by atoms with Crippen molar-refractivity contribution in [3.63, 3.8) is 0 Å². The van der Waals surface area contributed by atoms with Gasteiger partial charge in [0, 0.05) is 31.1 Å². The minimum absolute atomic E-state index is 0. The van der Waals surface area contributed by atoms with E-state index in [-0.39, 0.29) is 24.0 Å². The fourth-order valence-corrected chi connectivity index (χ4v) is 3.04. The van der Waals surface area contributed by atoms with Crippen molar-refractivity contribution in [3.05, 3.63) is 35.4 Å². The summed E-state index contributed by atoms with van der Waals surface area (Å²) in [5.74, 6) is 3.04. The van der Waals surface area contributed by atoms with Crippen LogP contribution < -0.4 is 5.73 Å². The molecule has 0 saturated carbocycles. The number of guanidine groups is 1. The Balaban J connectivity index is 0.00000200. The maximum atomic E-state index is 6.02. The van der Waals surface area contributed by atoms with Crippen LogP contribution in [0.5, 0.6) is 0 Å². The van der Waals surface area contributed by atoms with Gasteiger partial charge in [-0.1, -0.05) is 31.2 Å². The summed E-state index contributed by atoms with van der Waals surface area (Å²) < 4.78 is 0. The summed E-state index contributed by atoms with van der Waals surface area (Å²) in [5.41, 5.74) is 8.75. The molecule has 0 aliphatic carbocycles. The zero-order valence-corrected chi connectivity index (χ0v) is 15.2. The lowest BCUT2D eigenvalue weighted by Crippen LogP contribution is -2.42. The van der Waals surface area contributed by atoms with Crippen LogP contribution in [0.2, 0.25) is 0 Å². The van der Waals surface area contributed by atoms with Gasteiger partial charge in [-0.05, 0) is 24.0 Å². The highest BCUT2D eigenvalue weighted by Crippen LogP contribution is 2.09. The SMILES string of the molecule is CCc1ccc(CCN=C(N)N2CCSCC2)cc1.I. The molecule has 3 nitrogen and oxygen atoms in total. The molecule has 20 heavy (non-hydrogen) atoms. The Morgan fingerprint density at radius 1 is 1.20 bits per heavy atom. The van der Waals surface area contributed by atoms with Crippen molar-refractivity contribution in [2.45, 2.75) is 19.8 Å². The molecule has 1 aromatic rings. The van der Waals surface area contributed by atoms with Crippen LogP contribution in [-0.2, 0) is 12.8 Å². The molecule has 2 N–H and O–H groups in total. The molecule has 112 valence electrons. The lowest BCUT2D eigenvalue weighted by atomic mass is 10.1. The summed E-state index contributed by atoms with van der Waals surface area (Å²) in [6.07, 6.45) is 2.06. The van der Waals surface area contributed by atoms with Crippen LogP contribution in [-0.4, -0.2) is 42.0 Å². The molecule has 0 radical (unpaired) electrons. The molecule has 1 aliphatic heterocycles. The monoisotopic (exact) mass is 405 g/mol. The van der Waals surface area contributed by atoms with E-state index in [1.165, 1.54) is 11.1 Å². The fourth-order valence-electron chi connectivity index (χ4n) is 2.13. The standard InChI is InChI=1S/C15H23N3S.HI/c1-2-13-3-5-14(6-4-13)7-8-17-15(16)18-9-11-19-12-10-18;/h3-6H,2,7-12H2,1H3,(H2,16,17);1H. The van der Waals surface area contributed by atoms with Gasteiger partial charge in [0.05, 0.1) is 0 Å². The molecule has 0 atom stereocenters. The smallest absolute Gasteiger partial charge is 0.191 e. The number of hydrogen-bond donors (Lipinski definition) is 1. The Kier molecular flexibility index (Phi) is 8.37. The van der Waals surface area contributed by atoms with E-state index in [1.807, 2.05) is 11.8 Å². The molecule has 0 bridgehead atoms. The number of nitrogens with zero attached hydrogens (tertiary/aromatic N) is 2. The predicted molar refractivity (Wildman–Crippen MR) is 100 cm³/mol. The molecule has 1 aromatic carbocycles. The molecule has 1 aliphatic rings. The van der Waals surface area contributed by atoms with Gasteiger partial charge in [-0.25, -0.2) is 0 Å². The molecule has 2 rings (SSSR count). The van der Waals surface area contributed by atoms with Gasteiger partial charge in [0.2, 0.25) is 0 Å². The van der Waals surface area contributed by atoms with Crippen LogP contribution in [0.3, 0.4) is 0 Å². The minimum Gasteiger partial charge on any atom is -0.370 e. The van der Waals surface area contributed by atoms with Gasteiger partial charge in [-0.2, -0.15) is 11.8 Å². The maximum absolute atomic E-state index is 6.02. The molecular formula is C15H24IN3S. The summed E-state index contributed by atoms with van der Waals surface area (Å²) >= 11 is 1.99. The van der Waals surface area contributed by atoms with E-state index < -0.39 is 0 Å². The van der Waals surface area contributed by atoms with E-state index in [2.05, 4.69) is 41.1 Å². The molecule has 0 spiro atoms. The lowest BCUT2D eigenvalue weighted by Gasteiger charge is -2.27. The van der Waals surface area contributed by atoms with Gasteiger partial charge in [-0.15, -0.1) is 24.0 Å². The van der Waals surface area contributed by atoms with Gasteiger partial charge in [-0.3, -0.25) is 4.99 Å². The summed E-state index contributed by atoms with van der Waals surface area (Å²) in [4.78, 5) is 6.69. The fraction of sp³-hybridized carbons (Fsp3) is 0.533. The van der Waals surface area contributed by atoms with Crippen molar-refractivity contribution in [2.24, 2.45) is 10.7 Å². The summed E-state index contributed by atoms with van der Waals surface area (Å²) in [5, 5.41) is 0.